The molecule has 2 N–H and O–H groups in total. The molecule has 0 fully saturated rings. The van der Waals surface area contributed by atoms with Crippen LogP contribution in [0.3, 0.4) is 0 Å². The number of carbonyl (C=O) groups is 3. The van der Waals surface area contributed by atoms with Crippen molar-refractivity contribution >= 4 is 29.2 Å². The number of hydrogen-bond acceptors (Lipinski definition) is 5. The number of benzene rings is 2. The molecule has 2 atom stereocenters. The van der Waals surface area contributed by atoms with Crippen LogP contribution in [-0.2, 0) is 19.1 Å². The fraction of sp³-hybridized carbons (Fsp3) is 0.318. The maximum atomic E-state index is 12.4. The lowest BCUT2D eigenvalue weighted by atomic mass is 10.0. The third-order valence-corrected chi connectivity index (χ3v) is 4.58. The van der Waals surface area contributed by atoms with Gasteiger partial charge in [-0.3, -0.25) is 14.4 Å². The van der Waals surface area contributed by atoms with E-state index in [1.165, 1.54) is 6.92 Å². The molecule has 152 valence electrons. The van der Waals surface area contributed by atoms with E-state index < -0.39 is 30.0 Å². The number of esters is 1. The Morgan fingerprint density at radius 2 is 1.79 bits per heavy atom. The topological polar surface area (TPSA) is 93.7 Å². The van der Waals surface area contributed by atoms with Gasteiger partial charge in [-0.2, -0.15) is 0 Å². The Kier molecular flexibility index (Phi) is 6.16. The maximum absolute atomic E-state index is 12.4. The highest BCUT2D eigenvalue weighted by Crippen LogP contribution is 2.29. The largest absolute Gasteiger partial charge is 0.478 e. The van der Waals surface area contributed by atoms with Gasteiger partial charge in [-0.05, 0) is 36.6 Å². The van der Waals surface area contributed by atoms with Crippen LogP contribution in [-0.4, -0.2) is 30.0 Å². The van der Waals surface area contributed by atoms with Crippen molar-refractivity contribution < 1.29 is 23.9 Å². The van der Waals surface area contributed by atoms with Gasteiger partial charge in [-0.15, -0.1) is 0 Å². The molecule has 0 aliphatic carbocycles. The van der Waals surface area contributed by atoms with Crippen LogP contribution >= 0.6 is 0 Å². The summed E-state index contributed by atoms with van der Waals surface area (Å²) < 4.78 is 10.8. The standard InChI is InChI=1S/C22H24N2O5/c1-13(2)15-8-4-5-9-16(15)23-21(26)14(3)28-20(25)12-19-22(27)24-17-10-6-7-11-18(17)29-19/h4-11,13-14,19H,12H2,1-3H3,(H,23,26)(H,24,27)/t14-,19-/m0/s1. The fourth-order valence-electron chi connectivity index (χ4n) is 3.03. The third-order valence-electron chi connectivity index (χ3n) is 4.58. The molecule has 1 aliphatic heterocycles. The van der Waals surface area contributed by atoms with Crippen molar-refractivity contribution in [3.05, 3.63) is 54.1 Å². The van der Waals surface area contributed by atoms with Crippen molar-refractivity contribution in [2.45, 2.75) is 45.3 Å². The Balaban J connectivity index is 1.57. The molecule has 2 aromatic carbocycles. The van der Waals surface area contributed by atoms with Gasteiger partial charge in [0.15, 0.2) is 12.2 Å². The summed E-state index contributed by atoms with van der Waals surface area (Å²) in [5.74, 6) is -0.839. The smallest absolute Gasteiger partial charge is 0.310 e. The van der Waals surface area contributed by atoms with E-state index in [4.69, 9.17) is 9.47 Å². The molecular weight excluding hydrogens is 372 g/mol. The summed E-state index contributed by atoms with van der Waals surface area (Å²) in [6, 6.07) is 14.4. The summed E-state index contributed by atoms with van der Waals surface area (Å²) in [4.78, 5) is 36.8. The normalized spacial score (nSPS) is 16.3. The molecule has 29 heavy (non-hydrogen) atoms. The van der Waals surface area contributed by atoms with Gasteiger partial charge in [0, 0.05) is 5.69 Å². The highest BCUT2D eigenvalue weighted by atomic mass is 16.6. The quantitative estimate of drug-likeness (QED) is 0.729. The lowest BCUT2D eigenvalue weighted by molar-refractivity contribution is -0.155. The molecule has 3 rings (SSSR count). The number of para-hydroxylation sites is 3. The van der Waals surface area contributed by atoms with Crippen LogP contribution in [0.4, 0.5) is 11.4 Å². The first-order valence-corrected chi connectivity index (χ1v) is 9.51. The number of fused-ring (bicyclic) bond motifs is 1. The van der Waals surface area contributed by atoms with E-state index in [1.54, 1.807) is 30.3 Å². The molecule has 0 bridgehead atoms. The minimum Gasteiger partial charge on any atom is -0.478 e. The Labute approximate surface area is 169 Å². The van der Waals surface area contributed by atoms with E-state index in [0.29, 0.717) is 17.1 Å². The van der Waals surface area contributed by atoms with Gasteiger partial charge in [0.05, 0.1) is 12.1 Å². The molecule has 1 aliphatic rings. The van der Waals surface area contributed by atoms with Crippen molar-refractivity contribution in [2.75, 3.05) is 10.6 Å². The Morgan fingerprint density at radius 3 is 2.55 bits per heavy atom. The molecule has 7 heteroatoms. The van der Waals surface area contributed by atoms with E-state index in [0.717, 1.165) is 5.56 Å². The van der Waals surface area contributed by atoms with Gasteiger partial charge in [0.25, 0.3) is 11.8 Å². The lowest BCUT2D eigenvalue weighted by Gasteiger charge is -2.25. The average molecular weight is 396 g/mol. The summed E-state index contributed by atoms with van der Waals surface area (Å²) in [5.41, 5.74) is 2.23. The molecule has 0 spiro atoms. The monoisotopic (exact) mass is 396 g/mol. The van der Waals surface area contributed by atoms with Crippen LogP contribution in [0.1, 0.15) is 38.7 Å². The van der Waals surface area contributed by atoms with Crippen molar-refractivity contribution in [3.8, 4) is 5.75 Å². The molecule has 0 saturated carbocycles. The van der Waals surface area contributed by atoms with E-state index >= 15 is 0 Å². The van der Waals surface area contributed by atoms with Crippen molar-refractivity contribution in [1.82, 2.24) is 0 Å². The van der Waals surface area contributed by atoms with Gasteiger partial charge in [-0.1, -0.05) is 44.2 Å². The molecule has 0 saturated heterocycles. The van der Waals surface area contributed by atoms with Gasteiger partial charge in [0.1, 0.15) is 5.75 Å². The first kappa shape index (κ1) is 20.4. The van der Waals surface area contributed by atoms with Crippen LogP contribution in [0.2, 0.25) is 0 Å². The molecular formula is C22H24N2O5. The number of anilines is 2. The van der Waals surface area contributed by atoms with Gasteiger partial charge < -0.3 is 20.1 Å². The Hall–Kier alpha value is -3.35. The molecule has 1 heterocycles. The van der Waals surface area contributed by atoms with Gasteiger partial charge in [0.2, 0.25) is 0 Å². The van der Waals surface area contributed by atoms with E-state index in [2.05, 4.69) is 10.6 Å². The van der Waals surface area contributed by atoms with Crippen LogP contribution in [0, 0.1) is 0 Å². The highest BCUT2D eigenvalue weighted by molar-refractivity contribution is 6.00. The predicted octanol–water partition coefficient (Wildman–Crippen LogP) is 3.47. The maximum Gasteiger partial charge on any atom is 0.310 e. The zero-order valence-corrected chi connectivity index (χ0v) is 16.6. The van der Waals surface area contributed by atoms with E-state index in [-0.39, 0.29) is 12.3 Å². The minimum atomic E-state index is -1.01. The predicted molar refractivity (Wildman–Crippen MR) is 109 cm³/mol. The van der Waals surface area contributed by atoms with Crippen molar-refractivity contribution in [2.24, 2.45) is 0 Å². The second kappa shape index (κ2) is 8.77. The molecule has 0 unspecified atom stereocenters. The van der Waals surface area contributed by atoms with Crippen molar-refractivity contribution in [1.29, 1.82) is 0 Å². The summed E-state index contributed by atoms with van der Waals surface area (Å²) in [7, 11) is 0. The zero-order chi connectivity index (χ0) is 21.0. The third kappa shape index (κ3) is 4.93. The number of rotatable bonds is 6. The average Bonchev–Trinajstić information content (AvgIpc) is 2.68. The number of ether oxygens (including phenoxy) is 2. The van der Waals surface area contributed by atoms with Crippen LogP contribution in [0.5, 0.6) is 5.75 Å². The fourth-order valence-corrected chi connectivity index (χ4v) is 3.03. The number of nitrogens with one attached hydrogen (secondary N) is 2. The van der Waals surface area contributed by atoms with Gasteiger partial charge in [-0.25, -0.2) is 0 Å². The molecule has 7 nitrogen and oxygen atoms in total. The second-order valence-corrected chi connectivity index (χ2v) is 7.16. The first-order chi connectivity index (χ1) is 13.8. The summed E-state index contributed by atoms with van der Waals surface area (Å²) in [6.07, 6.45) is -2.31. The summed E-state index contributed by atoms with van der Waals surface area (Å²) in [5, 5.41) is 5.49. The zero-order valence-electron chi connectivity index (χ0n) is 16.6. The molecule has 0 radical (unpaired) electrons. The second-order valence-electron chi connectivity index (χ2n) is 7.16. The highest BCUT2D eigenvalue weighted by Gasteiger charge is 2.31. The van der Waals surface area contributed by atoms with Gasteiger partial charge >= 0.3 is 5.97 Å². The van der Waals surface area contributed by atoms with Crippen LogP contribution in [0.15, 0.2) is 48.5 Å². The van der Waals surface area contributed by atoms with E-state index in [1.807, 2.05) is 32.0 Å². The molecule has 2 aromatic rings. The number of hydrogen-bond donors (Lipinski definition) is 2. The molecule has 2 amide bonds. The van der Waals surface area contributed by atoms with Crippen molar-refractivity contribution in [3.63, 3.8) is 0 Å². The summed E-state index contributed by atoms with van der Waals surface area (Å²) in [6.45, 7) is 5.55. The van der Waals surface area contributed by atoms with Crippen LogP contribution in [0.25, 0.3) is 0 Å². The summed E-state index contributed by atoms with van der Waals surface area (Å²) >= 11 is 0. The van der Waals surface area contributed by atoms with Crippen LogP contribution < -0.4 is 15.4 Å². The van der Waals surface area contributed by atoms with E-state index in [9.17, 15) is 14.4 Å². The number of amides is 2. The minimum absolute atomic E-state index is 0.231. The lowest BCUT2D eigenvalue weighted by Crippen LogP contribution is -2.40. The molecule has 0 aromatic heterocycles. The first-order valence-electron chi connectivity index (χ1n) is 9.51. The Bertz CT molecular complexity index is 925. The SMILES string of the molecule is CC(C)c1ccccc1NC(=O)[C@H](C)OC(=O)C[C@@H]1Oc2ccccc2NC1=O. The number of carbonyl (C=O) groups excluding carboxylic acids is 3. The Morgan fingerprint density at radius 1 is 1.10 bits per heavy atom.